The monoisotopic (exact) mass is 340 g/mol. The van der Waals surface area contributed by atoms with Crippen LogP contribution in [0, 0.1) is 0 Å². The summed E-state index contributed by atoms with van der Waals surface area (Å²) in [5.41, 5.74) is 2.08. The molecule has 4 N–H and O–H groups in total. The Morgan fingerprint density at radius 1 is 1.28 bits per heavy atom. The van der Waals surface area contributed by atoms with E-state index in [2.05, 4.69) is 31.0 Å². The molecule has 8 nitrogen and oxygen atoms in total. The van der Waals surface area contributed by atoms with Crippen molar-refractivity contribution in [3.05, 3.63) is 47.9 Å². The highest BCUT2D eigenvalue weighted by molar-refractivity contribution is 5.94. The zero-order chi connectivity index (χ0) is 17.6. The largest absolute Gasteiger partial charge is 0.354 e. The number of nitrogens with one attached hydrogen (secondary N) is 4. The van der Waals surface area contributed by atoms with Gasteiger partial charge in [0.2, 0.25) is 5.91 Å². The third kappa shape index (κ3) is 4.03. The zero-order valence-electron chi connectivity index (χ0n) is 13.9. The molecule has 0 fully saturated rings. The molecule has 1 unspecified atom stereocenters. The first-order valence-electron chi connectivity index (χ1n) is 8.15. The van der Waals surface area contributed by atoms with Crippen molar-refractivity contribution in [3.63, 3.8) is 0 Å². The third-order valence-corrected chi connectivity index (χ3v) is 4.01. The summed E-state index contributed by atoms with van der Waals surface area (Å²) in [6, 6.07) is 7.50. The third-order valence-electron chi connectivity index (χ3n) is 4.01. The van der Waals surface area contributed by atoms with Gasteiger partial charge in [0, 0.05) is 24.2 Å². The van der Waals surface area contributed by atoms with E-state index in [0.29, 0.717) is 18.5 Å². The second-order valence-electron chi connectivity index (χ2n) is 5.77. The molecular formula is C17H20N6O2. The number of aromatic nitrogens is 4. The Morgan fingerprint density at radius 2 is 2.12 bits per heavy atom. The molecule has 0 saturated carbocycles. The van der Waals surface area contributed by atoms with E-state index in [1.165, 1.54) is 12.4 Å². The maximum absolute atomic E-state index is 12.2. The minimum atomic E-state index is -0.214. The van der Waals surface area contributed by atoms with E-state index in [1.54, 1.807) is 0 Å². The van der Waals surface area contributed by atoms with Crippen molar-refractivity contribution in [1.82, 2.24) is 31.0 Å². The van der Waals surface area contributed by atoms with Crippen molar-refractivity contribution in [1.29, 1.82) is 0 Å². The SMILES string of the molecule is CCC(CNC(=O)Cc1[nH]nc2ccccc12)NC(=O)c1cn[nH]c1. The van der Waals surface area contributed by atoms with Gasteiger partial charge in [-0.3, -0.25) is 19.8 Å². The molecule has 0 bridgehead atoms. The van der Waals surface area contributed by atoms with Crippen LogP contribution in [-0.2, 0) is 11.2 Å². The fourth-order valence-corrected chi connectivity index (χ4v) is 2.55. The van der Waals surface area contributed by atoms with Crippen molar-refractivity contribution in [2.75, 3.05) is 6.54 Å². The lowest BCUT2D eigenvalue weighted by Gasteiger charge is -2.17. The Kier molecular flexibility index (Phi) is 5.08. The average molecular weight is 340 g/mol. The quantitative estimate of drug-likeness (QED) is 0.516. The maximum atomic E-state index is 12.2. The number of rotatable bonds is 7. The lowest BCUT2D eigenvalue weighted by molar-refractivity contribution is -0.120. The van der Waals surface area contributed by atoms with Crippen molar-refractivity contribution in [2.24, 2.45) is 0 Å². The zero-order valence-corrected chi connectivity index (χ0v) is 13.9. The van der Waals surface area contributed by atoms with Crippen molar-refractivity contribution in [3.8, 4) is 0 Å². The Morgan fingerprint density at radius 3 is 2.88 bits per heavy atom. The van der Waals surface area contributed by atoms with Crippen LogP contribution >= 0.6 is 0 Å². The predicted octanol–water partition coefficient (Wildman–Crippen LogP) is 1.15. The highest BCUT2D eigenvalue weighted by Crippen LogP contribution is 2.15. The molecule has 3 rings (SSSR count). The number of amides is 2. The Labute approximate surface area is 144 Å². The summed E-state index contributed by atoms with van der Waals surface area (Å²) < 4.78 is 0. The van der Waals surface area contributed by atoms with E-state index in [-0.39, 0.29) is 24.3 Å². The standard InChI is InChI=1S/C17H20N6O2/c1-2-12(21-17(25)11-8-19-20-9-11)10-18-16(24)7-15-13-5-3-4-6-14(13)22-23-15/h3-6,8-9,12H,2,7,10H2,1H3,(H,18,24)(H,19,20)(H,21,25)(H,22,23). The smallest absolute Gasteiger partial charge is 0.254 e. The molecule has 2 amide bonds. The van der Waals surface area contributed by atoms with Gasteiger partial charge in [0.15, 0.2) is 0 Å². The lowest BCUT2D eigenvalue weighted by atomic mass is 10.1. The summed E-state index contributed by atoms with van der Waals surface area (Å²) in [5.74, 6) is -0.333. The minimum Gasteiger partial charge on any atom is -0.354 e. The normalized spacial score (nSPS) is 12.0. The number of hydrogen-bond donors (Lipinski definition) is 4. The fourth-order valence-electron chi connectivity index (χ4n) is 2.55. The molecule has 0 saturated heterocycles. The Bertz CT molecular complexity index is 855. The van der Waals surface area contributed by atoms with Gasteiger partial charge in [-0.1, -0.05) is 25.1 Å². The highest BCUT2D eigenvalue weighted by atomic mass is 16.2. The summed E-state index contributed by atoms with van der Waals surface area (Å²) >= 11 is 0. The van der Waals surface area contributed by atoms with Gasteiger partial charge in [-0.15, -0.1) is 0 Å². The van der Waals surface area contributed by atoms with Crippen LogP contribution in [-0.4, -0.2) is 44.8 Å². The molecule has 2 heterocycles. The molecule has 130 valence electrons. The van der Waals surface area contributed by atoms with Gasteiger partial charge < -0.3 is 10.6 Å². The molecule has 3 aromatic rings. The first-order chi connectivity index (χ1) is 12.2. The van der Waals surface area contributed by atoms with Gasteiger partial charge in [-0.05, 0) is 12.5 Å². The van der Waals surface area contributed by atoms with E-state index in [1.807, 2.05) is 31.2 Å². The van der Waals surface area contributed by atoms with Gasteiger partial charge in [-0.25, -0.2) is 0 Å². The molecule has 1 atom stereocenters. The van der Waals surface area contributed by atoms with Crippen LogP contribution in [0.4, 0.5) is 0 Å². The molecule has 0 spiro atoms. The summed E-state index contributed by atoms with van der Waals surface area (Å²) in [6.45, 7) is 2.32. The number of para-hydroxylation sites is 1. The number of aromatic amines is 2. The molecule has 1 aromatic carbocycles. The van der Waals surface area contributed by atoms with Gasteiger partial charge in [0.25, 0.3) is 5.91 Å². The number of hydrogen-bond acceptors (Lipinski definition) is 4. The van der Waals surface area contributed by atoms with Gasteiger partial charge in [-0.2, -0.15) is 10.2 Å². The van der Waals surface area contributed by atoms with Gasteiger partial charge in [0.05, 0.1) is 29.4 Å². The fraction of sp³-hybridized carbons (Fsp3) is 0.294. The average Bonchev–Trinajstić information content (AvgIpc) is 3.29. The maximum Gasteiger partial charge on any atom is 0.254 e. The lowest BCUT2D eigenvalue weighted by Crippen LogP contribution is -2.43. The molecule has 2 aromatic heterocycles. The summed E-state index contributed by atoms with van der Waals surface area (Å²) in [4.78, 5) is 24.2. The first-order valence-corrected chi connectivity index (χ1v) is 8.15. The van der Waals surface area contributed by atoms with Crippen LogP contribution in [0.2, 0.25) is 0 Å². The van der Waals surface area contributed by atoms with E-state index in [9.17, 15) is 9.59 Å². The number of carbonyl (C=O) groups is 2. The van der Waals surface area contributed by atoms with Gasteiger partial charge in [0.1, 0.15) is 0 Å². The van der Waals surface area contributed by atoms with E-state index in [4.69, 9.17) is 0 Å². The summed E-state index contributed by atoms with van der Waals surface area (Å²) in [7, 11) is 0. The number of fused-ring (bicyclic) bond motifs is 1. The van der Waals surface area contributed by atoms with Crippen LogP contribution in [0.1, 0.15) is 29.4 Å². The summed E-state index contributed by atoms with van der Waals surface area (Å²) in [6.07, 6.45) is 3.91. The van der Waals surface area contributed by atoms with Crippen molar-refractivity contribution < 1.29 is 9.59 Å². The van der Waals surface area contributed by atoms with Crippen LogP contribution in [0.5, 0.6) is 0 Å². The van der Waals surface area contributed by atoms with Crippen LogP contribution in [0.3, 0.4) is 0 Å². The second-order valence-corrected chi connectivity index (χ2v) is 5.77. The topological polar surface area (TPSA) is 116 Å². The highest BCUT2D eigenvalue weighted by Gasteiger charge is 2.15. The Balaban J connectivity index is 1.53. The number of H-pyrrole nitrogens is 2. The van der Waals surface area contributed by atoms with Crippen molar-refractivity contribution in [2.45, 2.75) is 25.8 Å². The number of nitrogens with zero attached hydrogens (tertiary/aromatic N) is 2. The minimum absolute atomic E-state index is 0.120. The molecule has 0 radical (unpaired) electrons. The van der Waals surface area contributed by atoms with E-state index in [0.717, 1.165) is 16.6 Å². The van der Waals surface area contributed by atoms with Crippen LogP contribution < -0.4 is 10.6 Å². The van der Waals surface area contributed by atoms with E-state index < -0.39 is 0 Å². The molecule has 0 aliphatic carbocycles. The molecular weight excluding hydrogens is 320 g/mol. The summed E-state index contributed by atoms with van der Waals surface area (Å²) in [5, 5.41) is 20.1. The molecule has 0 aliphatic heterocycles. The molecule has 0 aliphatic rings. The van der Waals surface area contributed by atoms with Crippen LogP contribution in [0.15, 0.2) is 36.7 Å². The van der Waals surface area contributed by atoms with Crippen molar-refractivity contribution >= 4 is 22.7 Å². The number of carbonyl (C=O) groups excluding carboxylic acids is 2. The van der Waals surface area contributed by atoms with Crippen LogP contribution in [0.25, 0.3) is 10.9 Å². The first kappa shape index (κ1) is 16.7. The Hall–Kier alpha value is -3.16. The van der Waals surface area contributed by atoms with E-state index >= 15 is 0 Å². The predicted molar refractivity (Wildman–Crippen MR) is 92.9 cm³/mol. The molecule has 8 heteroatoms. The van der Waals surface area contributed by atoms with Gasteiger partial charge >= 0.3 is 0 Å². The second kappa shape index (κ2) is 7.61. The number of benzene rings is 1. The molecule has 25 heavy (non-hydrogen) atoms.